The van der Waals surface area contributed by atoms with Crippen LogP contribution in [0.2, 0.25) is 0 Å². The van der Waals surface area contributed by atoms with Gasteiger partial charge >= 0.3 is 0 Å². The van der Waals surface area contributed by atoms with Gasteiger partial charge in [0.15, 0.2) is 0 Å². The van der Waals surface area contributed by atoms with Gasteiger partial charge in [0.05, 0.1) is 17.4 Å². The smallest absolute Gasteiger partial charge is 0.251 e. The van der Waals surface area contributed by atoms with Crippen molar-refractivity contribution in [3.05, 3.63) is 30.1 Å². The summed E-state index contributed by atoms with van der Waals surface area (Å²) in [6.45, 7) is 2.24. The number of rotatable bonds is 3. The molecule has 1 aromatic carbocycles. The van der Waals surface area contributed by atoms with Gasteiger partial charge in [0.2, 0.25) is 0 Å². The van der Waals surface area contributed by atoms with E-state index in [1.165, 1.54) is 12.8 Å². The van der Waals surface area contributed by atoms with E-state index in [1.807, 2.05) is 18.2 Å². The number of hydrogen-bond acceptors (Lipinski definition) is 3. The first-order valence-corrected chi connectivity index (χ1v) is 7.77. The highest BCUT2D eigenvalue weighted by atomic mass is 16.1. The largest absolute Gasteiger partial charge is 0.349 e. The summed E-state index contributed by atoms with van der Waals surface area (Å²) in [7, 11) is 0. The molecule has 110 valence electrons. The summed E-state index contributed by atoms with van der Waals surface area (Å²) < 4.78 is 0. The zero-order valence-corrected chi connectivity index (χ0v) is 12.0. The molecule has 1 saturated heterocycles. The SMILES string of the molecule is O=C(NC1CCN(C2CC2)CC1)c1ccc2nc[nH]c2c1. The molecule has 1 aliphatic heterocycles. The lowest BCUT2D eigenvalue weighted by Crippen LogP contribution is -2.45. The number of carbonyl (C=O) groups excluding carboxylic acids is 1. The van der Waals surface area contributed by atoms with E-state index in [9.17, 15) is 4.79 Å². The number of aromatic nitrogens is 2. The molecule has 1 aliphatic carbocycles. The molecule has 1 aromatic heterocycles. The van der Waals surface area contributed by atoms with Crippen LogP contribution in [0.25, 0.3) is 11.0 Å². The second-order valence-corrected chi connectivity index (χ2v) is 6.15. The molecule has 4 rings (SSSR count). The van der Waals surface area contributed by atoms with Crippen LogP contribution in [0.5, 0.6) is 0 Å². The fraction of sp³-hybridized carbons (Fsp3) is 0.500. The second kappa shape index (κ2) is 5.15. The van der Waals surface area contributed by atoms with E-state index in [1.54, 1.807) is 6.33 Å². The molecule has 0 unspecified atom stereocenters. The Morgan fingerprint density at radius 2 is 2.05 bits per heavy atom. The van der Waals surface area contributed by atoms with Crippen LogP contribution in [0.3, 0.4) is 0 Å². The summed E-state index contributed by atoms with van der Waals surface area (Å²) in [6, 6.07) is 6.75. The van der Waals surface area contributed by atoms with Crippen LogP contribution in [0.4, 0.5) is 0 Å². The van der Waals surface area contributed by atoms with E-state index in [2.05, 4.69) is 20.2 Å². The highest BCUT2D eigenvalue weighted by Crippen LogP contribution is 2.29. The Labute approximate surface area is 123 Å². The number of benzene rings is 1. The Kier molecular flexibility index (Phi) is 3.15. The van der Waals surface area contributed by atoms with Crippen molar-refractivity contribution in [2.75, 3.05) is 13.1 Å². The molecule has 2 fully saturated rings. The fourth-order valence-corrected chi connectivity index (χ4v) is 3.19. The Bertz CT molecular complexity index is 653. The molecule has 2 heterocycles. The van der Waals surface area contributed by atoms with Crippen molar-refractivity contribution in [3.63, 3.8) is 0 Å². The molecule has 2 aromatic rings. The minimum atomic E-state index is 0.0244. The van der Waals surface area contributed by atoms with Crippen LogP contribution in [-0.4, -0.2) is 45.9 Å². The number of aromatic amines is 1. The summed E-state index contributed by atoms with van der Waals surface area (Å²) in [4.78, 5) is 22.1. The van der Waals surface area contributed by atoms with Crippen LogP contribution in [0.15, 0.2) is 24.5 Å². The summed E-state index contributed by atoms with van der Waals surface area (Å²) >= 11 is 0. The predicted molar refractivity (Wildman–Crippen MR) is 81.2 cm³/mol. The van der Waals surface area contributed by atoms with Gasteiger partial charge in [-0.3, -0.25) is 4.79 Å². The zero-order valence-electron chi connectivity index (χ0n) is 12.0. The lowest BCUT2D eigenvalue weighted by Gasteiger charge is -2.32. The van der Waals surface area contributed by atoms with Gasteiger partial charge < -0.3 is 15.2 Å². The molecule has 2 N–H and O–H groups in total. The maximum Gasteiger partial charge on any atom is 0.251 e. The van der Waals surface area contributed by atoms with Crippen molar-refractivity contribution < 1.29 is 4.79 Å². The van der Waals surface area contributed by atoms with Gasteiger partial charge in [0.25, 0.3) is 5.91 Å². The molecule has 0 bridgehead atoms. The Morgan fingerprint density at radius 3 is 2.81 bits per heavy atom. The quantitative estimate of drug-likeness (QED) is 0.905. The van der Waals surface area contributed by atoms with Gasteiger partial charge in [0.1, 0.15) is 0 Å². The summed E-state index contributed by atoms with van der Waals surface area (Å²) in [5.74, 6) is 0.0244. The topological polar surface area (TPSA) is 61.0 Å². The summed E-state index contributed by atoms with van der Waals surface area (Å²) in [5.41, 5.74) is 2.51. The number of hydrogen-bond donors (Lipinski definition) is 2. The maximum atomic E-state index is 12.3. The first-order valence-electron chi connectivity index (χ1n) is 7.77. The Balaban J connectivity index is 1.38. The molecule has 2 aliphatic rings. The molecule has 5 heteroatoms. The molecular weight excluding hydrogens is 264 g/mol. The van der Waals surface area contributed by atoms with E-state index in [0.29, 0.717) is 11.6 Å². The van der Waals surface area contributed by atoms with E-state index < -0.39 is 0 Å². The van der Waals surface area contributed by atoms with Gasteiger partial charge in [0, 0.05) is 30.7 Å². The first kappa shape index (κ1) is 12.8. The number of piperidine rings is 1. The van der Waals surface area contributed by atoms with Crippen LogP contribution in [0.1, 0.15) is 36.0 Å². The van der Waals surface area contributed by atoms with E-state index in [-0.39, 0.29) is 5.91 Å². The average Bonchev–Trinajstić information content (AvgIpc) is 3.25. The number of amides is 1. The molecule has 0 radical (unpaired) electrons. The van der Waals surface area contributed by atoms with Gasteiger partial charge in [-0.15, -0.1) is 0 Å². The number of H-pyrrole nitrogens is 1. The van der Waals surface area contributed by atoms with Crippen molar-refractivity contribution in [1.82, 2.24) is 20.2 Å². The number of carbonyl (C=O) groups is 1. The lowest BCUT2D eigenvalue weighted by molar-refractivity contribution is 0.0909. The van der Waals surface area contributed by atoms with Gasteiger partial charge in [-0.25, -0.2) is 4.98 Å². The highest BCUT2D eigenvalue weighted by molar-refractivity contribution is 5.97. The minimum Gasteiger partial charge on any atom is -0.349 e. The zero-order chi connectivity index (χ0) is 14.2. The third-order valence-electron chi connectivity index (χ3n) is 4.61. The van der Waals surface area contributed by atoms with Gasteiger partial charge in [-0.05, 0) is 43.9 Å². The van der Waals surface area contributed by atoms with Gasteiger partial charge in [-0.1, -0.05) is 0 Å². The number of nitrogens with one attached hydrogen (secondary N) is 2. The maximum absolute atomic E-state index is 12.3. The third-order valence-corrected chi connectivity index (χ3v) is 4.61. The van der Waals surface area contributed by atoms with Crippen molar-refractivity contribution in [2.24, 2.45) is 0 Å². The van der Waals surface area contributed by atoms with Gasteiger partial charge in [-0.2, -0.15) is 0 Å². The number of likely N-dealkylation sites (tertiary alicyclic amines) is 1. The van der Waals surface area contributed by atoms with Crippen molar-refractivity contribution in [3.8, 4) is 0 Å². The monoisotopic (exact) mass is 284 g/mol. The van der Waals surface area contributed by atoms with Crippen LogP contribution < -0.4 is 5.32 Å². The lowest BCUT2D eigenvalue weighted by atomic mass is 10.0. The van der Waals surface area contributed by atoms with Crippen LogP contribution in [0, 0.1) is 0 Å². The fourth-order valence-electron chi connectivity index (χ4n) is 3.19. The molecule has 1 amide bonds. The Hall–Kier alpha value is -1.88. The normalized spacial score (nSPS) is 20.8. The predicted octanol–water partition coefficient (Wildman–Crippen LogP) is 1.92. The van der Waals surface area contributed by atoms with Crippen molar-refractivity contribution in [2.45, 2.75) is 37.8 Å². The summed E-state index contributed by atoms with van der Waals surface area (Å²) in [6.07, 6.45) is 6.51. The van der Waals surface area contributed by atoms with Crippen LogP contribution >= 0.6 is 0 Å². The molecule has 5 nitrogen and oxygen atoms in total. The molecule has 21 heavy (non-hydrogen) atoms. The molecule has 1 saturated carbocycles. The standard InChI is InChI=1S/C16H20N4O/c21-16(11-1-4-14-15(9-11)18-10-17-14)19-12-5-7-20(8-6-12)13-2-3-13/h1,4,9-10,12-13H,2-3,5-8H2,(H,17,18)(H,19,21). The molecule has 0 spiro atoms. The second-order valence-electron chi connectivity index (χ2n) is 6.15. The van der Waals surface area contributed by atoms with E-state index >= 15 is 0 Å². The average molecular weight is 284 g/mol. The number of nitrogens with zero attached hydrogens (tertiary/aromatic N) is 2. The first-order chi connectivity index (χ1) is 10.3. The number of fused-ring (bicyclic) bond motifs is 1. The van der Waals surface area contributed by atoms with E-state index in [0.717, 1.165) is 43.0 Å². The van der Waals surface area contributed by atoms with Crippen molar-refractivity contribution >= 4 is 16.9 Å². The number of imidazole rings is 1. The summed E-state index contributed by atoms with van der Waals surface area (Å²) in [5, 5.41) is 3.17. The van der Waals surface area contributed by atoms with Crippen molar-refractivity contribution in [1.29, 1.82) is 0 Å². The molecular formula is C16H20N4O. The third kappa shape index (κ3) is 2.65. The van der Waals surface area contributed by atoms with E-state index in [4.69, 9.17) is 0 Å². The Morgan fingerprint density at radius 1 is 1.24 bits per heavy atom. The van der Waals surface area contributed by atoms with Crippen LogP contribution in [-0.2, 0) is 0 Å². The highest BCUT2D eigenvalue weighted by Gasteiger charge is 2.32. The minimum absolute atomic E-state index is 0.0244. The molecule has 0 atom stereocenters.